The van der Waals surface area contributed by atoms with E-state index in [0.29, 0.717) is 26.7 Å². The predicted octanol–water partition coefficient (Wildman–Crippen LogP) is 4.00. The molecule has 0 atom stereocenters. The second-order valence-electron chi connectivity index (χ2n) is 4.71. The highest BCUT2D eigenvalue weighted by Crippen LogP contribution is 2.36. The molecule has 0 aliphatic heterocycles. The number of hydrogen-bond acceptors (Lipinski definition) is 2. The summed E-state index contributed by atoms with van der Waals surface area (Å²) in [6.45, 7) is 0. The van der Waals surface area contributed by atoms with Gasteiger partial charge in [-0.15, -0.1) is 0 Å². The molecule has 0 saturated carbocycles. The summed E-state index contributed by atoms with van der Waals surface area (Å²) >= 11 is 11.9. The zero-order valence-corrected chi connectivity index (χ0v) is 12.4. The van der Waals surface area contributed by atoms with Crippen molar-refractivity contribution in [1.82, 2.24) is 10.2 Å². The Morgan fingerprint density at radius 2 is 1.29 bits per heavy atom. The monoisotopic (exact) mass is 318 g/mol. The molecule has 2 N–H and O–H groups in total. The van der Waals surface area contributed by atoms with Gasteiger partial charge in [-0.25, -0.2) is 0 Å². The van der Waals surface area contributed by atoms with Crippen LogP contribution in [0.4, 0.5) is 0 Å². The maximum absolute atomic E-state index is 11.3. The second-order valence-corrected chi connectivity index (χ2v) is 5.58. The third-order valence-electron chi connectivity index (χ3n) is 3.44. The van der Waals surface area contributed by atoms with Crippen molar-refractivity contribution in [3.05, 3.63) is 87.7 Å². The van der Waals surface area contributed by atoms with Gasteiger partial charge in [0.15, 0.2) is 0 Å². The first-order chi connectivity index (χ1) is 10.1. The molecule has 0 saturated heterocycles. The number of aliphatic hydroxyl groups is 1. The zero-order valence-electron chi connectivity index (χ0n) is 10.9. The number of aromatic amines is 1. The first-order valence-electron chi connectivity index (χ1n) is 6.34. The van der Waals surface area contributed by atoms with Crippen molar-refractivity contribution in [2.75, 3.05) is 0 Å². The molecular formula is C16H12Cl2N2O. The maximum atomic E-state index is 11.3. The summed E-state index contributed by atoms with van der Waals surface area (Å²) in [6.07, 6.45) is 3.27. The molecule has 0 unspecified atom stereocenters. The minimum absolute atomic E-state index is 0.615. The van der Waals surface area contributed by atoms with E-state index in [2.05, 4.69) is 10.2 Å². The lowest BCUT2D eigenvalue weighted by atomic mass is 9.82. The first-order valence-corrected chi connectivity index (χ1v) is 7.10. The van der Waals surface area contributed by atoms with Crippen molar-refractivity contribution in [1.29, 1.82) is 0 Å². The Balaban J connectivity index is 2.20. The molecule has 0 radical (unpaired) electrons. The van der Waals surface area contributed by atoms with Crippen LogP contribution in [0.1, 0.15) is 16.7 Å². The van der Waals surface area contributed by atoms with Gasteiger partial charge in [0.05, 0.1) is 6.20 Å². The van der Waals surface area contributed by atoms with Crippen molar-refractivity contribution >= 4 is 23.2 Å². The fraction of sp³-hybridized carbons (Fsp3) is 0.0625. The van der Waals surface area contributed by atoms with Crippen molar-refractivity contribution in [3.8, 4) is 0 Å². The lowest BCUT2D eigenvalue weighted by Gasteiger charge is -2.28. The number of H-pyrrole nitrogens is 1. The van der Waals surface area contributed by atoms with Crippen LogP contribution in [0.5, 0.6) is 0 Å². The molecule has 21 heavy (non-hydrogen) atoms. The van der Waals surface area contributed by atoms with Crippen LogP contribution in [-0.2, 0) is 5.60 Å². The van der Waals surface area contributed by atoms with Gasteiger partial charge in [0.25, 0.3) is 0 Å². The van der Waals surface area contributed by atoms with Gasteiger partial charge in [-0.1, -0.05) is 47.5 Å². The van der Waals surface area contributed by atoms with Crippen LogP contribution >= 0.6 is 23.2 Å². The number of aromatic nitrogens is 2. The van der Waals surface area contributed by atoms with Gasteiger partial charge >= 0.3 is 0 Å². The number of rotatable bonds is 3. The van der Waals surface area contributed by atoms with Crippen LogP contribution in [0.25, 0.3) is 0 Å². The third kappa shape index (κ3) is 2.56. The lowest BCUT2D eigenvalue weighted by Crippen LogP contribution is -2.28. The molecule has 0 aliphatic carbocycles. The predicted molar refractivity (Wildman–Crippen MR) is 83.6 cm³/mol. The van der Waals surface area contributed by atoms with Crippen LogP contribution in [0, 0.1) is 0 Å². The largest absolute Gasteiger partial charge is 0.376 e. The minimum Gasteiger partial charge on any atom is -0.376 e. The summed E-state index contributed by atoms with van der Waals surface area (Å²) in [7, 11) is 0. The molecule has 0 bridgehead atoms. The fourth-order valence-electron chi connectivity index (χ4n) is 2.33. The fourth-order valence-corrected chi connectivity index (χ4v) is 2.58. The van der Waals surface area contributed by atoms with E-state index in [1.54, 1.807) is 60.9 Å². The van der Waals surface area contributed by atoms with Crippen LogP contribution in [0.15, 0.2) is 60.9 Å². The summed E-state index contributed by atoms with van der Waals surface area (Å²) in [5.41, 5.74) is 0.737. The van der Waals surface area contributed by atoms with Gasteiger partial charge in [0.2, 0.25) is 0 Å². The Bertz CT molecular complexity index is 676. The number of nitrogens with one attached hydrogen (secondary N) is 1. The number of hydrogen-bond donors (Lipinski definition) is 2. The Labute approximate surface area is 132 Å². The van der Waals surface area contributed by atoms with E-state index in [1.165, 1.54) is 0 Å². The lowest BCUT2D eigenvalue weighted by molar-refractivity contribution is 0.126. The maximum Gasteiger partial charge on any atom is 0.143 e. The highest BCUT2D eigenvalue weighted by atomic mass is 35.5. The van der Waals surface area contributed by atoms with E-state index in [-0.39, 0.29) is 0 Å². The topological polar surface area (TPSA) is 48.9 Å². The normalized spacial score (nSPS) is 11.6. The summed E-state index contributed by atoms with van der Waals surface area (Å²) < 4.78 is 0. The van der Waals surface area contributed by atoms with E-state index >= 15 is 0 Å². The van der Waals surface area contributed by atoms with Gasteiger partial charge in [-0.2, -0.15) is 5.10 Å². The summed E-state index contributed by atoms with van der Waals surface area (Å²) in [4.78, 5) is 0. The van der Waals surface area contributed by atoms with Crippen LogP contribution in [-0.4, -0.2) is 15.3 Å². The second kappa shape index (κ2) is 5.53. The zero-order chi connectivity index (χ0) is 14.9. The van der Waals surface area contributed by atoms with Gasteiger partial charge in [0.1, 0.15) is 5.60 Å². The smallest absolute Gasteiger partial charge is 0.143 e. The molecule has 1 aromatic heterocycles. The molecule has 3 rings (SSSR count). The number of benzene rings is 2. The average molecular weight is 319 g/mol. The van der Waals surface area contributed by atoms with Crippen molar-refractivity contribution in [2.45, 2.75) is 5.60 Å². The molecule has 0 amide bonds. The van der Waals surface area contributed by atoms with E-state index in [4.69, 9.17) is 23.2 Å². The number of nitrogens with zero attached hydrogens (tertiary/aromatic N) is 1. The summed E-state index contributed by atoms with van der Waals surface area (Å²) in [5.74, 6) is 0. The first kappa shape index (κ1) is 14.1. The molecule has 0 spiro atoms. The highest BCUT2D eigenvalue weighted by molar-refractivity contribution is 6.30. The van der Waals surface area contributed by atoms with Crippen molar-refractivity contribution in [3.63, 3.8) is 0 Å². The molecule has 3 nitrogen and oxygen atoms in total. The Morgan fingerprint density at radius 3 is 1.67 bits per heavy atom. The SMILES string of the molecule is OC(c1ccc(Cl)cc1)(c1ccc(Cl)cc1)c1cn[nH]c1. The third-order valence-corrected chi connectivity index (χ3v) is 3.94. The summed E-state index contributed by atoms with van der Waals surface area (Å²) in [6, 6.07) is 14.2. The number of halogens is 2. The van der Waals surface area contributed by atoms with Crippen LogP contribution < -0.4 is 0 Å². The minimum atomic E-state index is -1.32. The van der Waals surface area contributed by atoms with Crippen molar-refractivity contribution in [2.24, 2.45) is 0 Å². The van der Waals surface area contributed by atoms with Gasteiger partial charge in [-0.05, 0) is 35.4 Å². The highest BCUT2D eigenvalue weighted by Gasteiger charge is 2.34. The molecule has 1 heterocycles. The molecule has 106 valence electrons. The van der Waals surface area contributed by atoms with E-state index in [9.17, 15) is 5.11 Å². The standard InChI is InChI=1S/C16H12Cl2N2O/c17-14-5-1-11(2-6-14)16(21,13-9-19-20-10-13)12-3-7-15(18)8-4-12/h1-10,21H,(H,19,20). The van der Waals surface area contributed by atoms with Gasteiger partial charge < -0.3 is 5.11 Å². The van der Waals surface area contributed by atoms with E-state index < -0.39 is 5.60 Å². The molecule has 3 aromatic rings. The van der Waals surface area contributed by atoms with Crippen molar-refractivity contribution < 1.29 is 5.11 Å². The van der Waals surface area contributed by atoms with E-state index in [0.717, 1.165) is 0 Å². The van der Waals surface area contributed by atoms with Gasteiger partial charge in [0, 0.05) is 21.8 Å². The molecule has 0 aliphatic rings. The summed E-state index contributed by atoms with van der Waals surface area (Å²) in [5, 5.41) is 19.3. The Hall–Kier alpha value is -1.81. The molecule has 2 aromatic carbocycles. The molecular weight excluding hydrogens is 307 g/mol. The van der Waals surface area contributed by atoms with Crippen LogP contribution in [0.3, 0.4) is 0 Å². The van der Waals surface area contributed by atoms with Crippen LogP contribution in [0.2, 0.25) is 10.0 Å². The quantitative estimate of drug-likeness (QED) is 0.766. The Morgan fingerprint density at radius 1 is 0.810 bits per heavy atom. The average Bonchev–Trinajstić information content (AvgIpc) is 3.02. The molecule has 0 fully saturated rings. The van der Waals surface area contributed by atoms with E-state index in [1.807, 2.05) is 0 Å². The Kier molecular flexibility index (Phi) is 3.72. The molecule has 5 heteroatoms. The van der Waals surface area contributed by atoms with Gasteiger partial charge in [-0.3, -0.25) is 5.10 Å².